The second-order valence-electron chi connectivity index (χ2n) is 5.12. The number of anilines is 2. The highest BCUT2D eigenvalue weighted by molar-refractivity contribution is 5.98. The number of benzene rings is 1. The molecular formula is C15H14FN3O. The molecule has 0 aliphatic heterocycles. The molecule has 20 heavy (non-hydrogen) atoms. The van der Waals surface area contributed by atoms with Crippen LogP contribution in [-0.2, 0) is 6.42 Å². The molecule has 0 bridgehead atoms. The van der Waals surface area contributed by atoms with Crippen molar-refractivity contribution in [2.24, 2.45) is 5.92 Å². The van der Waals surface area contributed by atoms with Crippen LogP contribution in [0.2, 0.25) is 0 Å². The van der Waals surface area contributed by atoms with Gasteiger partial charge < -0.3 is 5.32 Å². The van der Waals surface area contributed by atoms with Crippen LogP contribution < -0.4 is 5.32 Å². The maximum atomic E-state index is 12.8. The molecule has 2 aromatic rings. The van der Waals surface area contributed by atoms with Gasteiger partial charge in [0.2, 0.25) is 5.95 Å². The Kier molecular flexibility index (Phi) is 3.18. The zero-order chi connectivity index (χ0) is 14.1. The molecule has 1 N–H and O–H groups in total. The SMILES string of the molecule is C[C@@H]1CC(=O)c2cnc(Nc3ccc(F)cc3)nc2C1. The minimum Gasteiger partial charge on any atom is -0.324 e. The van der Waals surface area contributed by atoms with Gasteiger partial charge in [-0.2, -0.15) is 0 Å². The van der Waals surface area contributed by atoms with E-state index in [1.165, 1.54) is 12.1 Å². The molecule has 0 saturated heterocycles. The topological polar surface area (TPSA) is 54.9 Å². The highest BCUT2D eigenvalue weighted by atomic mass is 19.1. The molecule has 1 aliphatic rings. The Labute approximate surface area is 116 Å². The van der Waals surface area contributed by atoms with Crippen LogP contribution in [0.4, 0.5) is 16.0 Å². The third kappa shape index (κ3) is 2.52. The summed E-state index contributed by atoms with van der Waals surface area (Å²) in [6.45, 7) is 2.04. The maximum absolute atomic E-state index is 12.8. The summed E-state index contributed by atoms with van der Waals surface area (Å²) >= 11 is 0. The quantitative estimate of drug-likeness (QED) is 0.911. The van der Waals surface area contributed by atoms with E-state index in [0.29, 0.717) is 29.5 Å². The Bertz CT molecular complexity index is 655. The second-order valence-corrected chi connectivity index (χ2v) is 5.12. The summed E-state index contributed by atoms with van der Waals surface area (Å²) in [5.74, 6) is 0.550. The molecule has 0 fully saturated rings. The molecule has 5 heteroatoms. The predicted octanol–water partition coefficient (Wildman–Crippen LogP) is 3.12. The standard InChI is InChI=1S/C15H14FN3O/c1-9-6-13-12(14(20)7-9)8-17-15(19-13)18-11-4-2-10(16)3-5-11/h2-5,8-9H,6-7H2,1H3,(H,17,18,19)/t9-/m0/s1. The molecule has 4 nitrogen and oxygen atoms in total. The van der Waals surface area contributed by atoms with Crippen LogP contribution in [0.25, 0.3) is 0 Å². The molecule has 1 aromatic carbocycles. The van der Waals surface area contributed by atoms with Crippen molar-refractivity contribution in [1.29, 1.82) is 0 Å². The molecule has 0 unspecified atom stereocenters. The fourth-order valence-electron chi connectivity index (χ4n) is 2.36. The van der Waals surface area contributed by atoms with Crippen molar-refractivity contribution in [1.82, 2.24) is 9.97 Å². The van der Waals surface area contributed by atoms with Crippen molar-refractivity contribution in [2.75, 3.05) is 5.32 Å². The molecule has 1 aliphatic carbocycles. The van der Waals surface area contributed by atoms with Crippen molar-refractivity contribution in [3.63, 3.8) is 0 Å². The van der Waals surface area contributed by atoms with Gasteiger partial charge in [-0.05, 0) is 36.6 Å². The number of hydrogen-bond acceptors (Lipinski definition) is 4. The molecular weight excluding hydrogens is 257 g/mol. The lowest BCUT2D eigenvalue weighted by Gasteiger charge is -2.19. The van der Waals surface area contributed by atoms with Crippen molar-refractivity contribution in [3.05, 3.63) is 47.5 Å². The molecule has 1 atom stereocenters. The Morgan fingerprint density at radius 1 is 1.25 bits per heavy atom. The summed E-state index contributed by atoms with van der Waals surface area (Å²) in [6, 6.07) is 5.97. The van der Waals surface area contributed by atoms with Crippen molar-refractivity contribution >= 4 is 17.4 Å². The number of Topliss-reactive ketones (excluding diaryl/α,β-unsaturated/α-hetero) is 1. The Hall–Kier alpha value is -2.30. The monoisotopic (exact) mass is 271 g/mol. The van der Waals surface area contributed by atoms with Crippen molar-refractivity contribution in [2.45, 2.75) is 19.8 Å². The summed E-state index contributed by atoms with van der Waals surface area (Å²) in [4.78, 5) is 20.4. The van der Waals surface area contributed by atoms with Gasteiger partial charge in [-0.1, -0.05) is 6.92 Å². The number of carbonyl (C=O) groups is 1. The molecule has 0 spiro atoms. The lowest BCUT2D eigenvalue weighted by atomic mass is 9.88. The van der Waals surface area contributed by atoms with Crippen LogP contribution in [0, 0.1) is 11.7 Å². The first kappa shape index (κ1) is 12.7. The van der Waals surface area contributed by atoms with Gasteiger partial charge in [-0.3, -0.25) is 4.79 Å². The maximum Gasteiger partial charge on any atom is 0.227 e. The fraction of sp³-hybridized carbons (Fsp3) is 0.267. The van der Waals surface area contributed by atoms with Gasteiger partial charge in [0.05, 0.1) is 11.3 Å². The summed E-state index contributed by atoms with van der Waals surface area (Å²) < 4.78 is 12.8. The lowest BCUT2D eigenvalue weighted by Crippen LogP contribution is -2.20. The number of carbonyl (C=O) groups excluding carboxylic acids is 1. The summed E-state index contributed by atoms with van der Waals surface area (Å²) in [6.07, 6.45) is 2.91. The number of hydrogen-bond donors (Lipinski definition) is 1. The third-order valence-electron chi connectivity index (χ3n) is 3.34. The summed E-state index contributed by atoms with van der Waals surface area (Å²) in [5, 5.41) is 3.01. The molecule has 1 aromatic heterocycles. The predicted molar refractivity (Wildman–Crippen MR) is 73.5 cm³/mol. The molecule has 0 saturated carbocycles. The van der Waals surface area contributed by atoms with E-state index in [9.17, 15) is 9.18 Å². The number of ketones is 1. The number of aromatic nitrogens is 2. The number of fused-ring (bicyclic) bond motifs is 1. The van der Waals surface area contributed by atoms with Gasteiger partial charge in [-0.25, -0.2) is 14.4 Å². The van der Waals surface area contributed by atoms with E-state index in [1.807, 2.05) is 6.92 Å². The number of nitrogens with zero attached hydrogens (tertiary/aromatic N) is 2. The van der Waals surface area contributed by atoms with Gasteiger partial charge in [0, 0.05) is 18.3 Å². The molecule has 3 rings (SSSR count). The molecule has 102 valence electrons. The van der Waals surface area contributed by atoms with Crippen LogP contribution in [-0.4, -0.2) is 15.8 Å². The smallest absolute Gasteiger partial charge is 0.227 e. The van der Waals surface area contributed by atoms with Crippen molar-refractivity contribution in [3.8, 4) is 0 Å². The highest BCUT2D eigenvalue weighted by Crippen LogP contribution is 2.24. The van der Waals surface area contributed by atoms with E-state index in [1.54, 1.807) is 18.3 Å². The number of rotatable bonds is 2. The van der Waals surface area contributed by atoms with E-state index in [4.69, 9.17) is 0 Å². The van der Waals surface area contributed by atoms with E-state index in [-0.39, 0.29) is 11.6 Å². The summed E-state index contributed by atoms with van der Waals surface area (Å²) in [7, 11) is 0. The molecule has 0 radical (unpaired) electrons. The normalized spacial score (nSPS) is 17.7. The zero-order valence-corrected chi connectivity index (χ0v) is 11.1. The van der Waals surface area contributed by atoms with Crippen LogP contribution in [0.1, 0.15) is 29.4 Å². The number of nitrogens with one attached hydrogen (secondary N) is 1. The van der Waals surface area contributed by atoms with Crippen LogP contribution in [0.5, 0.6) is 0 Å². The summed E-state index contributed by atoms with van der Waals surface area (Å²) in [5.41, 5.74) is 2.11. The first-order valence-corrected chi connectivity index (χ1v) is 6.53. The highest BCUT2D eigenvalue weighted by Gasteiger charge is 2.24. The van der Waals surface area contributed by atoms with Crippen molar-refractivity contribution < 1.29 is 9.18 Å². The van der Waals surface area contributed by atoms with Gasteiger partial charge in [0.1, 0.15) is 5.82 Å². The third-order valence-corrected chi connectivity index (χ3v) is 3.34. The van der Waals surface area contributed by atoms with Gasteiger partial charge in [0.25, 0.3) is 0 Å². The average molecular weight is 271 g/mol. The Morgan fingerprint density at radius 3 is 2.75 bits per heavy atom. The van der Waals surface area contributed by atoms with E-state index >= 15 is 0 Å². The Morgan fingerprint density at radius 2 is 2.00 bits per heavy atom. The molecule has 1 heterocycles. The minimum atomic E-state index is -0.290. The van der Waals surface area contributed by atoms with E-state index in [2.05, 4.69) is 15.3 Å². The zero-order valence-electron chi connectivity index (χ0n) is 11.1. The van der Waals surface area contributed by atoms with E-state index < -0.39 is 0 Å². The van der Waals surface area contributed by atoms with Gasteiger partial charge >= 0.3 is 0 Å². The fourth-order valence-corrected chi connectivity index (χ4v) is 2.36. The lowest BCUT2D eigenvalue weighted by molar-refractivity contribution is 0.0951. The van der Waals surface area contributed by atoms with Crippen LogP contribution >= 0.6 is 0 Å². The van der Waals surface area contributed by atoms with Gasteiger partial charge in [0.15, 0.2) is 5.78 Å². The largest absolute Gasteiger partial charge is 0.324 e. The van der Waals surface area contributed by atoms with Crippen LogP contribution in [0.15, 0.2) is 30.5 Å². The minimum absolute atomic E-state index is 0.104. The van der Waals surface area contributed by atoms with Crippen LogP contribution in [0.3, 0.4) is 0 Å². The Balaban J connectivity index is 1.87. The number of halogens is 1. The van der Waals surface area contributed by atoms with E-state index in [0.717, 1.165) is 12.1 Å². The first-order chi connectivity index (χ1) is 9.61. The van der Waals surface area contributed by atoms with Gasteiger partial charge in [-0.15, -0.1) is 0 Å². The molecule has 0 amide bonds. The first-order valence-electron chi connectivity index (χ1n) is 6.53. The average Bonchev–Trinajstić information content (AvgIpc) is 2.41. The second kappa shape index (κ2) is 5.00.